The molecule has 0 unspecified atom stereocenters. The third kappa shape index (κ3) is 3.39. The third-order valence-electron chi connectivity index (χ3n) is 4.85. The monoisotopic (exact) mass is 350 g/mol. The molecule has 2 N–H and O–H groups in total. The van der Waals surface area contributed by atoms with Gasteiger partial charge < -0.3 is 10.6 Å². The summed E-state index contributed by atoms with van der Waals surface area (Å²) in [5, 5.41) is 15.2. The molecular formula is C19H22N6O. The van der Waals surface area contributed by atoms with Crippen LogP contribution in [-0.2, 0) is 18.4 Å². The maximum absolute atomic E-state index is 11.9. The van der Waals surface area contributed by atoms with Crippen LogP contribution in [0.4, 0.5) is 0 Å². The molecule has 26 heavy (non-hydrogen) atoms. The Hall–Kier alpha value is -2.93. The smallest absolute Gasteiger partial charge is 0.220 e. The van der Waals surface area contributed by atoms with Gasteiger partial charge in [-0.05, 0) is 36.2 Å². The summed E-state index contributed by atoms with van der Waals surface area (Å²) in [6.45, 7) is 0.744. The van der Waals surface area contributed by atoms with E-state index in [1.165, 1.54) is 5.56 Å². The first kappa shape index (κ1) is 16.5. The summed E-state index contributed by atoms with van der Waals surface area (Å²) in [6, 6.07) is 12.3. The molecule has 1 aliphatic rings. The molecule has 3 aromatic rings. The van der Waals surface area contributed by atoms with Crippen molar-refractivity contribution in [2.75, 3.05) is 0 Å². The lowest BCUT2D eigenvalue weighted by atomic mass is 9.95. The highest BCUT2D eigenvalue weighted by atomic mass is 16.1. The highest BCUT2D eigenvalue weighted by Gasteiger charge is 2.31. The molecule has 3 heterocycles. The van der Waals surface area contributed by atoms with Crippen molar-refractivity contribution in [2.45, 2.75) is 31.5 Å². The fourth-order valence-electron chi connectivity index (χ4n) is 3.43. The number of nitrogens with one attached hydrogen (secondary N) is 2. The van der Waals surface area contributed by atoms with E-state index < -0.39 is 0 Å². The van der Waals surface area contributed by atoms with Gasteiger partial charge in [-0.3, -0.25) is 9.48 Å². The molecular weight excluding hydrogens is 328 g/mol. The van der Waals surface area contributed by atoms with Crippen molar-refractivity contribution in [3.8, 4) is 5.69 Å². The molecule has 1 aromatic carbocycles. The van der Waals surface area contributed by atoms with Crippen molar-refractivity contribution in [3.63, 3.8) is 0 Å². The van der Waals surface area contributed by atoms with Gasteiger partial charge in [0.25, 0.3) is 0 Å². The second-order valence-electron chi connectivity index (χ2n) is 6.57. The van der Waals surface area contributed by atoms with Crippen LogP contribution >= 0.6 is 0 Å². The summed E-state index contributed by atoms with van der Waals surface area (Å²) < 4.78 is 3.66. The Morgan fingerprint density at radius 3 is 2.73 bits per heavy atom. The van der Waals surface area contributed by atoms with Gasteiger partial charge in [0.15, 0.2) is 0 Å². The average Bonchev–Trinajstić information content (AvgIpc) is 3.33. The van der Waals surface area contributed by atoms with Gasteiger partial charge in [-0.2, -0.15) is 10.2 Å². The number of benzene rings is 1. The number of nitrogens with zero attached hydrogens (tertiary/aromatic N) is 4. The quantitative estimate of drug-likeness (QED) is 0.734. The fraction of sp³-hybridized carbons (Fsp3) is 0.316. The molecule has 1 fully saturated rings. The SMILES string of the molecule is Cn1nccc1[C@@H]1NC(=O)CC[C@H]1NCc1ccc(-n2cccn2)cc1. The minimum Gasteiger partial charge on any atom is -0.346 e. The molecule has 134 valence electrons. The van der Waals surface area contributed by atoms with Crippen molar-refractivity contribution in [2.24, 2.45) is 7.05 Å². The summed E-state index contributed by atoms with van der Waals surface area (Å²) in [6.07, 6.45) is 6.82. The molecule has 0 bridgehead atoms. The first-order chi connectivity index (χ1) is 12.7. The Morgan fingerprint density at radius 2 is 2.04 bits per heavy atom. The Kier molecular flexibility index (Phi) is 4.53. The van der Waals surface area contributed by atoms with E-state index in [-0.39, 0.29) is 18.0 Å². The normalized spacial score (nSPS) is 20.1. The van der Waals surface area contributed by atoms with Crippen LogP contribution in [0.2, 0.25) is 0 Å². The lowest BCUT2D eigenvalue weighted by Gasteiger charge is -2.33. The zero-order chi connectivity index (χ0) is 17.9. The molecule has 2 atom stereocenters. The lowest BCUT2D eigenvalue weighted by Crippen LogP contribution is -2.48. The van der Waals surface area contributed by atoms with Crippen LogP contribution in [-0.4, -0.2) is 31.5 Å². The Labute approximate surface area is 152 Å². The number of carbonyl (C=O) groups excluding carboxylic acids is 1. The van der Waals surface area contributed by atoms with E-state index in [4.69, 9.17) is 0 Å². The van der Waals surface area contributed by atoms with Crippen molar-refractivity contribution in [1.82, 2.24) is 30.2 Å². The number of carbonyl (C=O) groups is 1. The molecule has 0 saturated carbocycles. The molecule has 0 radical (unpaired) electrons. The summed E-state index contributed by atoms with van der Waals surface area (Å²) in [5.41, 5.74) is 3.25. The molecule has 0 spiro atoms. The van der Waals surface area contributed by atoms with Crippen LogP contribution in [0.3, 0.4) is 0 Å². The summed E-state index contributed by atoms with van der Waals surface area (Å²) in [7, 11) is 1.90. The number of rotatable bonds is 5. The predicted octanol–water partition coefficient (Wildman–Crippen LogP) is 1.72. The molecule has 7 heteroatoms. The number of aromatic nitrogens is 4. The van der Waals surface area contributed by atoms with Gasteiger partial charge in [0.2, 0.25) is 5.91 Å². The van der Waals surface area contributed by atoms with Gasteiger partial charge in [0.1, 0.15) is 0 Å². The van der Waals surface area contributed by atoms with E-state index in [0.717, 1.165) is 24.3 Å². The Balaban J connectivity index is 1.44. The van der Waals surface area contributed by atoms with Crippen LogP contribution in [0, 0.1) is 0 Å². The van der Waals surface area contributed by atoms with Crippen LogP contribution in [0.25, 0.3) is 5.69 Å². The second kappa shape index (κ2) is 7.13. The predicted molar refractivity (Wildman–Crippen MR) is 97.5 cm³/mol. The molecule has 0 aliphatic carbocycles. The lowest BCUT2D eigenvalue weighted by molar-refractivity contribution is -0.124. The van der Waals surface area contributed by atoms with Crippen LogP contribution < -0.4 is 10.6 Å². The Bertz CT molecular complexity index is 868. The van der Waals surface area contributed by atoms with Gasteiger partial charge in [-0.15, -0.1) is 0 Å². The Morgan fingerprint density at radius 1 is 1.19 bits per heavy atom. The zero-order valence-electron chi connectivity index (χ0n) is 14.7. The highest BCUT2D eigenvalue weighted by Crippen LogP contribution is 2.24. The standard InChI is InChI=1S/C19H22N6O/c1-24-17(9-11-21-24)19-16(7-8-18(26)23-19)20-13-14-3-5-15(6-4-14)25-12-2-10-22-25/h2-6,9-12,16,19-20H,7-8,13H2,1H3,(H,23,26)/t16-,19-/m1/s1. The number of amides is 1. The zero-order valence-corrected chi connectivity index (χ0v) is 14.7. The summed E-state index contributed by atoms with van der Waals surface area (Å²) >= 11 is 0. The van der Waals surface area contributed by atoms with E-state index in [2.05, 4.69) is 45.1 Å². The topological polar surface area (TPSA) is 76.8 Å². The van der Waals surface area contributed by atoms with Crippen LogP contribution in [0.5, 0.6) is 0 Å². The number of aryl methyl sites for hydroxylation is 1. The summed E-state index contributed by atoms with van der Waals surface area (Å²) in [4.78, 5) is 11.9. The third-order valence-corrected chi connectivity index (χ3v) is 4.85. The van der Waals surface area contributed by atoms with Gasteiger partial charge >= 0.3 is 0 Å². The van der Waals surface area contributed by atoms with Gasteiger partial charge in [0, 0.05) is 44.6 Å². The van der Waals surface area contributed by atoms with Gasteiger partial charge in [-0.1, -0.05) is 12.1 Å². The van der Waals surface area contributed by atoms with E-state index in [0.29, 0.717) is 6.42 Å². The van der Waals surface area contributed by atoms with E-state index >= 15 is 0 Å². The maximum atomic E-state index is 11.9. The average molecular weight is 350 g/mol. The van der Waals surface area contributed by atoms with Crippen LogP contribution in [0.1, 0.15) is 30.1 Å². The van der Waals surface area contributed by atoms with E-state index in [1.807, 2.05) is 34.7 Å². The van der Waals surface area contributed by atoms with E-state index in [1.54, 1.807) is 12.4 Å². The van der Waals surface area contributed by atoms with Crippen molar-refractivity contribution in [3.05, 3.63) is 66.2 Å². The molecule has 1 saturated heterocycles. The highest BCUT2D eigenvalue weighted by molar-refractivity contribution is 5.77. The number of hydrogen-bond acceptors (Lipinski definition) is 4. The first-order valence-corrected chi connectivity index (χ1v) is 8.80. The van der Waals surface area contributed by atoms with Crippen LogP contribution in [0.15, 0.2) is 55.0 Å². The fourth-order valence-corrected chi connectivity index (χ4v) is 3.43. The van der Waals surface area contributed by atoms with Gasteiger partial charge in [-0.25, -0.2) is 4.68 Å². The maximum Gasteiger partial charge on any atom is 0.220 e. The minimum atomic E-state index is -0.0629. The van der Waals surface area contributed by atoms with Gasteiger partial charge in [0.05, 0.1) is 17.4 Å². The van der Waals surface area contributed by atoms with E-state index in [9.17, 15) is 4.79 Å². The molecule has 7 nitrogen and oxygen atoms in total. The van der Waals surface area contributed by atoms with Crippen molar-refractivity contribution < 1.29 is 4.79 Å². The number of piperidine rings is 1. The van der Waals surface area contributed by atoms with Crippen molar-refractivity contribution >= 4 is 5.91 Å². The first-order valence-electron chi connectivity index (χ1n) is 8.80. The summed E-state index contributed by atoms with van der Waals surface area (Å²) in [5.74, 6) is 0.0952. The molecule has 1 aliphatic heterocycles. The van der Waals surface area contributed by atoms with Crippen molar-refractivity contribution in [1.29, 1.82) is 0 Å². The largest absolute Gasteiger partial charge is 0.346 e. The number of hydrogen-bond donors (Lipinski definition) is 2. The minimum absolute atomic E-state index is 0.0629. The molecule has 4 rings (SSSR count). The molecule has 2 aromatic heterocycles. The second-order valence-corrected chi connectivity index (χ2v) is 6.57. The molecule has 1 amide bonds.